The second kappa shape index (κ2) is 75.3. The van der Waals surface area contributed by atoms with Crippen molar-refractivity contribution in [1.29, 1.82) is 0 Å². The van der Waals surface area contributed by atoms with Crippen LogP contribution in [-0.2, 0) is 0 Å². The van der Waals surface area contributed by atoms with Crippen LogP contribution in [0.25, 0.3) is 0 Å². The Morgan fingerprint density at radius 1 is 0.135 bits per heavy atom. The van der Waals surface area contributed by atoms with Gasteiger partial charge in [-0.05, 0) is 205 Å². The minimum absolute atomic E-state index is 1.36. The monoisotopic (exact) mass is 1290 g/mol. The van der Waals surface area contributed by atoms with Gasteiger partial charge in [-0.15, -0.1) is 0 Å². The first-order valence-corrected chi connectivity index (χ1v) is 42.8. The number of hydrogen-bond acceptors (Lipinski definition) is 4. The average molecular weight is 1290 g/mol. The summed E-state index contributed by atoms with van der Waals surface area (Å²) >= 11 is 0. The van der Waals surface area contributed by atoms with Crippen molar-refractivity contribution < 1.29 is 37.1 Å². The lowest BCUT2D eigenvalue weighted by molar-refractivity contribution is -0.929. The summed E-state index contributed by atoms with van der Waals surface area (Å²) in [6.45, 7) is 60.5. The van der Waals surface area contributed by atoms with Gasteiger partial charge in [0.15, 0.2) is 0 Å². The summed E-state index contributed by atoms with van der Waals surface area (Å²) in [5.41, 5.74) is 0. The van der Waals surface area contributed by atoms with Gasteiger partial charge in [-0.3, -0.25) is 0 Å². The van der Waals surface area contributed by atoms with Crippen molar-refractivity contribution in [2.75, 3.05) is 105 Å². The zero-order valence-electron chi connectivity index (χ0n) is 65.2. The second-order valence-corrected chi connectivity index (χ2v) is 29.8. The minimum Gasteiger partial charge on any atom is -0.894 e. The van der Waals surface area contributed by atoms with Gasteiger partial charge in [-0.25, -0.2) is 0 Å². The summed E-state index contributed by atoms with van der Waals surface area (Å²) in [4.78, 5) is 34.3. The summed E-state index contributed by atoms with van der Waals surface area (Å²) in [5, 5.41) is 0. The van der Waals surface area contributed by atoms with Crippen LogP contribution in [0.5, 0.6) is 0 Å². The van der Waals surface area contributed by atoms with E-state index in [2.05, 4.69) is 111 Å². The van der Waals surface area contributed by atoms with Crippen molar-refractivity contribution in [2.45, 2.75) is 419 Å². The molecule has 0 saturated heterocycles. The van der Waals surface area contributed by atoms with Crippen LogP contribution in [0.1, 0.15) is 419 Å². The van der Waals surface area contributed by atoms with E-state index >= 15 is 0 Å². The van der Waals surface area contributed by atoms with E-state index in [0.29, 0.717) is 0 Å². The first kappa shape index (κ1) is 97.6. The Hall–Kier alpha value is -0.103. The van der Waals surface area contributed by atoms with Crippen molar-refractivity contribution in [3.05, 3.63) is 0 Å². The summed E-state index contributed by atoms with van der Waals surface area (Å²) in [6, 6.07) is 0. The van der Waals surface area contributed by atoms with Gasteiger partial charge in [0.05, 0.1) is 105 Å². The minimum atomic E-state index is -5.61. The molecule has 0 aromatic heterocycles. The molecular weight excluding hydrogens is 1110 g/mol. The fraction of sp³-hybridized carbons (Fsp3) is 1.00. The number of unbranched alkanes of at least 4 members (excludes halogenated alkanes) is 32. The maximum absolute atomic E-state index is 8.58. The molecule has 89 heavy (non-hydrogen) atoms. The fourth-order valence-electron chi connectivity index (χ4n) is 13.8. The molecule has 0 aromatic rings. The van der Waals surface area contributed by atoms with Gasteiger partial charge in [0.25, 0.3) is 0 Å². The molecule has 0 radical (unpaired) electrons. The zero-order valence-corrected chi connectivity index (χ0v) is 66.2. The van der Waals surface area contributed by atoms with E-state index in [0.717, 1.165) is 0 Å². The Balaban J connectivity index is -0.000000343. The Morgan fingerprint density at radius 3 is 0.236 bits per heavy atom. The van der Waals surface area contributed by atoms with Crippen LogP contribution >= 0.6 is 0 Å². The molecule has 0 aromatic carbocycles. The molecule has 0 aliphatic carbocycles. The molecule has 0 spiro atoms. The number of nitrogens with zero attached hydrogens (tertiary/aromatic N) is 4. The van der Waals surface area contributed by atoms with Crippen molar-refractivity contribution in [3.8, 4) is 0 Å². The molecule has 0 N–H and O–H groups in total. The van der Waals surface area contributed by atoms with E-state index in [1.807, 2.05) is 0 Å². The summed E-state index contributed by atoms with van der Waals surface area (Å²) < 4.78 is 5.78. The quantitative estimate of drug-likeness (QED) is 0.0345. The molecule has 0 rings (SSSR count). The van der Waals surface area contributed by atoms with Crippen LogP contribution < -0.4 is 19.2 Å². The van der Waals surface area contributed by atoms with Gasteiger partial charge in [0.1, 0.15) is 0 Å². The molecule has 544 valence electrons. The van der Waals surface area contributed by atoms with Crippen LogP contribution in [0.3, 0.4) is 0 Å². The van der Waals surface area contributed by atoms with Crippen molar-refractivity contribution in [2.24, 2.45) is 0 Å². The van der Waals surface area contributed by atoms with Gasteiger partial charge in [0, 0.05) is 0 Å². The third-order valence-corrected chi connectivity index (χ3v) is 19.8. The van der Waals surface area contributed by atoms with E-state index in [-0.39, 0.29) is 0 Å². The molecule has 0 bridgehead atoms. The second-order valence-electron chi connectivity index (χ2n) is 28.8. The van der Waals surface area contributed by atoms with Gasteiger partial charge >= 0.3 is 0 Å². The first-order valence-electron chi connectivity index (χ1n) is 41.2. The first-order chi connectivity index (χ1) is 43.0. The predicted molar refractivity (Wildman–Crippen MR) is 397 cm³/mol. The van der Waals surface area contributed by atoms with Crippen molar-refractivity contribution >= 4 is 9.05 Å². The summed E-state index contributed by atoms with van der Waals surface area (Å²) in [6.07, 6.45) is 67.7. The van der Waals surface area contributed by atoms with Crippen LogP contribution in [0, 0.1) is 0 Å². The molecule has 0 fully saturated rings. The normalized spacial score (nSPS) is 12.0. The van der Waals surface area contributed by atoms with Crippen molar-refractivity contribution in [3.63, 3.8) is 0 Å². The molecule has 0 unspecified atom stereocenters. The highest BCUT2D eigenvalue weighted by atomic mass is 28.4. The lowest BCUT2D eigenvalue weighted by Crippen LogP contribution is -2.82. The zero-order chi connectivity index (χ0) is 67.8. The maximum Gasteiger partial charge on any atom is 0.0786 e. The molecular formula is C80H176N4O4Si. The van der Waals surface area contributed by atoms with Gasteiger partial charge in [-0.2, -0.15) is 0 Å². The smallest absolute Gasteiger partial charge is 0.0786 e. The number of rotatable bonds is 64. The number of quaternary nitrogens is 4. The largest absolute Gasteiger partial charge is 0.894 e. The highest BCUT2D eigenvalue weighted by molar-refractivity contribution is 6.38. The molecule has 0 saturated carbocycles. The van der Waals surface area contributed by atoms with Gasteiger partial charge < -0.3 is 46.2 Å². The Bertz CT molecular complexity index is 905. The lowest BCUT2D eigenvalue weighted by Gasteiger charge is -2.67. The molecule has 0 atom stereocenters. The third-order valence-electron chi connectivity index (χ3n) is 19.8. The van der Waals surface area contributed by atoms with Crippen LogP contribution in [0.4, 0.5) is 0 Å². The van der Waals surface area contributed by atoms with E-state index in [9.17, 15) is 0 Å². The molecule has 0 heterocycles. The Morgan fingerprint density at radius 2 is 0.191 bits per heavy atom. The third kappa shape index (κ3) is 70.5. The van der Waals surface area contributed by atoms with E-state index in [4.69, 9.17) is 19.2 Å². The Kier molecular flexibility index (Phi) is 82.5. The molecule has 9 heteroatoms. The highest BCUT2D eigenvalue weighted by Crippen LogP contribution is 2.23. The highest BCUT2D eigenvalue weighted by Gasteiger charge is 2.29. The topological polar surface area (TPSA) is 92.2 Å². The fourth-order valence-corrected chi connectivity index (χ4v) is 13.8. The predicted octanol–water partition coefficient (Wildman–Crippen LogP) is 21.1. The molecule has 0 amide bonds. The number of hydrogen-bond donors (Lipinski definition) is 0. The summed E-state index contributed by atoms with van der Waals surface area (Å²) in [5.74, 6) is 0. The van der Waals surface area contributed by atoms with Crippen LogP contribution in [0.2, 0.25) is 0 Å². The van der Waals surface area contributed by atoms with Gasteiger partial charge in [0.2, 0.25) is 0 Å². The standard InChI is InChI=1S/4C20H44N.O4Si/c4*1-5-9-13-17-21(18-14-10-6-2,19-15-11-7-3)20-16-12-8-4;1-5(2,3)4/h4*5-20H2,1-4H3;/q4*+1;-4. The molecule has 0 aliphatic heterocycles. The Labute approximate surface area is 567 Å². The van der Waals surface area contributed by atoms with Crippen molar-refractivity contribution in [1.82, 2.24) is 0 Å². The van der Waals surface area contributed by atoms with Crippen LogP contribution in [-0.4, -0.2) is 132 Å². The summed E-state index contributed by atoms with van der Waals surface area (Å²) in [7, 11) is -5.61. The van der Waals surface area contributed by atoms with E-state index in [1.54, 1.807) is 0 Å². The van der Waals surface area contributed by atoms with E-state index < -0.39 is 9.05 Å². The maximum atomic E-state index is 8.58. The van der Waals surface area contributed by atoms with Gasteiger partial charge in [-0.1, -0.05) is 214 Å². The van der Waals surface area contributed by atoms with E-state index in [1.165, 1.54) is 431 Å². The molecule has 0 aliphatic rings. The SMILES string of the molecule is CCCCC[N+](CCCCC)(CCCCC)CCCCC.CCCCC[N+](CCCCC)(CCCCC)CCCCC.CCCCC[N+](CCCCC)(CCCCC)CCCCC.CCCCC[N+](CCCCC)(CCCCC)CCCCC.[O-][Si]([O-])([O-])[O-]. The average Bonchev–Trinajstić information content (AvgIpc) is 3.68. The lowest BCUT2D eigenvalue weighted by atomic mass is 10.1. The molecule has 8 nitrogen and oxygen atoms in total. The van der Waals surface area contributed by atoms with Crippen LogP contribution in [0.15, 0.2) is 0 Å².